The van der Waals surface area contributed by atoms with Gasteiger partial charge >= 0.3 is 138 Å². The summed E-state index contributed by atoms with van der Waals surface area (Å²) in [6.07, 6.45) is 4.51. The number of halogens is 1. The second kappa shape index (κ2) is 34.2. The molecule has 1 aliphatic rings. The average molecular weight is 813 g/mol. The molecule has 2 aromatic carbocycles. The van der Waals surface area contributed by atoms with Crippen LogP contribution in [0.5, 0.6) is 5.75 Å². The molecule has 0 spiro atoms. The molecule has 1 atom stereocenters. The average Bonchev–Trinajstić information content (AvgIpc) is 3.14. The molecule has 1 N–H and O–H groups in total. The number of unbranched alkanes of at least 4 members (excludes halogenated alkanes) is 1. The minimum atomic E-state index is -0.258. The van der Waals surface area contributed by atoms with Gasteiger partial charge in [-0.3, -0.25) is 0 Å². The first kappa shape index (κ1) is 51.9. The van der Waals surface area contributed by atoms with E-state index in [1.54, 1.807) is 13.2 Å². The molecule has 1 aliphatic heterocycles. The maximum Gasteiger partial charge on any atom is 1.00 e. The van der Waals surface area contributed by atoms with Crippen LogP contribution in [0.2, 0.25) is 0 Å². The van der Waals surface area contributed by atoms with Crippen molar-refractivity contribution in [1.82, 2.24) is 4.90 Å². The van der Waals surface area contributed by atoms with Crippen molar-refractivity contribution in [3.8, 4) is 22.9 Å². The van der Waals surface area contributed by atoms with E-state index in [0.29, 0.717) is 24.8 Å². The van der Waals surface area contributed by atoms with Crippen LogP contribution in [0.4, 0.5) is 4.39 Å². The van der Waals surface area contributed by atoms with Crippen LogP contribution in [0, 0.1) is 38.9 Å². The van der Waals surface area contributed by atoms with E-state index in [4.69, 9.17) is 19.8 Å². The number of benzene rings is 2. The van der Waals surface area contributed by atoms with Crippen LogP contribution >= 0.6 is 0 Å². The number of ether oxygens (including phenoxy) is 2. The number of hydrogen-bond donors (Lipinski definition) is 1. The van der Waals surface area contributed by atoms with E-state index >= 15 is 0 Å². The SMILES string of the molecule is CC.CCCC=O.CN1CCCO[C@H](CO)C1.COc1ccc(-c2ccc(CCC#N)c(F)c2)cc1C.[CH3-].[CH3-].[Cs+].[Cs+]. The molecule has 3 rings (SSSR count). The Kier molecular flexibility index (Phi) is 43.3. The quantitative estimate of drug-likeness (QED) is 0.331. The van der Waals surface area contributed by atoms with Gasteiger partial charge in [0.1, 0.15) is 17.9 Å². The third kappa shape index (κ3) is 23.3. The van der Waals surface area contributed by atoms with E-state index in [0.717, 1.165) is 61.3 Å². The van der Waals surface area contributed by atoms with Crippen LogP contribution in [-0.4, -0.2) is 62.9 Å². The Morgan fingerprint density at radius 1 is 1.17 bits per heavy atom. The summed E-state index contributed by atoms with van der Waals surface area (Å²) in [5.74, 6) is 0.561. The van der Waals surface area contributed by atoms with Crippen molar-refractivity contribution in [3.05, 3.63) is 68.2 Å². The molecule has 6 nitrogen and oxygen atoms in total. The molecule has 222 valence electrons. The van der Waals surface area contributed by atoms with Crippen molar-refractivity contribution in [2.45, 2.75) is 65.9 Å². The van der Waals surface area contributed by atoms with Gasteiger partial charge in [0.25, 0.3) is 0 Å². The van der Waals surface area contributed by atoms with Crippen molar-refractivity contribution in [2.75, 3.05) is 40.5 Å². The number of rotatable bonds is 7. The molecule has 0 aliphatic carbocycles. The van der Waals surface area contributed by atoms with Gasteiger partial charge in [-0.2, -0.15) is 5.26 Å². The van der Waals surface area contributed by atoms with Gasteiger partial charge in [-0.1, -0.05) is 39.0 Å². The molecule has 1 heterocycles. The number of methoxy groups -OCH3 is 1. The van der Waals surface area contributed by atoms with Gasteiger partial charge in [0.2, 0.25) is 0 Å². The van der Waals surface area contributed by atoms with Gasteiger partial charge in [0.05, 0.1) is 25.9 Å². The zero-order valence-corrected chi connectivity index (χ0v) is 40.0. The first-order chi connectivity index (χ1) is 17.9. The first-order valence-corrected chi connectivity index (χ1v) is 13.0. The van der Waals surface area contributed by atoms with Gasteiger partial charge in [0, 0.05) is 32.5 Å². The topological polar surface area (TPSA) is 82.8 Å². The molecule has 0 unspecified atom stereocenters. The summed E-state index contributed by atoms with van der Waals surface area (Å²) < 4.78 is 24.5. The molecule has 0 amide bonds. The molecule has 9 heteroatoms. The number of aldehydes is 1. The van der Waals surface area contributed by atoms with Crippen LogP contribution in [0.15, 0.2) is 36.4 Å². The van der Waals surface area contributed by atoms with E-state index in [1.165, 1.54) is 6.07 Å². The van der Waals surface area contributed by atoms with Crippen molar-refractivity contribution < 1.29 is 162 Å². The van der Waals surface area contributed by atoms with Crippen LogP contribution in [0.25, 0.3) is 11.1 Å². The predicted molar refractivity (Wildman–Crippen MR) is 161 cm³/mol. The molecule has 0 radical (unpaired) electrons. The molecular formula is C32H51Cs2FN2O4. The summed E-state index contributed by atoms with van der Waals surface area (Å²) in [4.78, 5) is 11.6. The number of aryl methyl sites for hydroxylation is 2. The Labute approximate surface area is 368 Å². The minimum absolute atomic E-state index is 0. The Morgan fingerprint density at radius 2 is 1.78 bits per heavy atom. The molecule has 1 fully saturated rings. The number of carbonyl (C=O) groups is 1. The summed E-state index contributed by atoms with van der Waals surface area (Å²) in [7, 11) is 3.68. The largest absolute Gasteiger partial charge is 1.00 e. The maximum atomic E-state index is 14.0. The summed E-state index contributed by atoms with van der Waals surface area (Å²) in [5.41, 5.74) is 3.38. The van der Waals surface area contributed by atoms with Crippen molar-refractivity contribution >= 4 is 6.29 Å². The monoisotopic (exact) mass is 812 g/mol. The molecule has 2 aromatic rings. The fraction of sp³-hybridized carbons (Fsp3) is 0.500. The van der Waals surface area contributed by atoms with Gasteiger partial charge in [0.15, 0.2) is 0 Å². The Morgan fingerprint density at radius 3 is 2.24 bits per heavy atom. The van der Waals surface area contributed by atoms with Gasteiger partial charge in [-0.15, -0.1) is 0 Å². The second-order valence-corrected chi connectivity index (χ2v) is 8.40. The minimum Gasteiger partial charge on any atom is -0.496 e. The predicted octanol–water partition coefficient (Wildman–Crippen LogP) is 0.885. The van der Waals surface area contributed by atoms with Gasteiger partial charge in [-0.25, -0.2) is 4.39 Å². The Bertz CT molecular complexity index is 942. The number of nitriles is 1. The van der Waals surface area contributed by atoms with E-state index in [-0.39, 0.29) is 171 Å². The van der Waals surface area contributed by atoms with E-state index in [1.807, 2.05) is 58.0 Å². The number of carbonyl (C=O) groups excluding carboxylic acids is 1. The smallest absolute Gasteiger partial charge is 0.496 e. The molecule has 0 bridgehead atoms. The van der Waals surface area contributed by atoms with Crippen LogP contribution in [0.3, 0.4) is 0 Å². The first-order valence-electron chi connectivity index (χ1n) is 13.0. The number of aliphatic hydroxyl groups is 1. The van der Waals surface area contributed by atoms with Crippen LogP contribution in [-0.2, 0) is 16.0 Å². The summed E-state index contributed by atoms with van der Waals surface area (Å²) >= 11 is 0. The Balaban J connectivity index is -0.000000175. The number of nitrogens with zero attached hydrogens (tertiary/aromatic N) is 2. The zero-order chi connectivity index (χ0) is 28.1. The fourth-order valence-corrected chi connectivity index (χ4v) is 3.48. The maximum absolute atomic E-state index is 14.0. The van der Waals surface area contributed by atoms with E-state index < -0.39 is 0 Å². The van der Waals surface area contributed by atoms with Crippen LogP contribution < -0.4 is 143 Å². The third-order valence-electron chi connectivity index (χ3n) is 5.45. The van der Waals surface area contributed by atoms with Gasteiger partial charge < -0.3 is 39.1 Å². The summed E-state index contributed by atoms with van der Waals surface area (Å²) in [5, 5.41) is 17.3. The van der Waals surface area contributed by atoms with Crippen molar-refractivity contribution in [2.24, 2.45) is 0 Å². The zero-order valence-electron chi connectivity index (χ0n) is 27.4. The standard InChI is InChI=1S/C17H16FNO.C7H15NO2.C4H8O.C2H6.2CH3.2Cs/c1-12-10-14(7-8-17(12)20-2)15-6-5-13(4-3-9-19)16(18)11-15;1-8-3-2-4-10-7(5-8)6-9;1-2-3-4-5;1-2;;;;/h5-8,10-11H,3-4H2,1-2H3;7,9H,2-6H2,1H3;4H,2-3H2,1H3;1-2H3;2*1H3;;/q;;;;2*-1;2*+1/t;7-;;;;;;/m.0....../s1. The van der Waals surface area contributed by atoms with Crippen molar-refractivity contribution in [1.29, 1.82) is 5.26 Å². The number of aliphatic hydroxyl groups excluding tert-OH is 1. The summed E-state index contributed by atoms with van der Waals surface area (Å²) in [6.45, 7) is 10.8. The third-order valence-corrected chi connectivity index (χ3v) is 5.45. The van der Waals surface area contributed by atoms with Crippen LogP contribution in [0.1, 0.15) is 57.6 Å². The number of likely N-dealkylation sites (N-methyl/N-ethyl adjacent to an activating group) is 1. The molecular weight excluding hydrogens is 761 g/mol. The molecule has 0 saturated carbocycles. The Hall–Kier alpha value is 1.31. The fourth-order valence-electron chi connectivity index (χ4n) is 3.48. The summed E-state index contributed by atoms with van der Waals surface area (Å²) in [6, 6.07) is 13.0. The molecule has 0 aromatic heterocycles. The second-order valence-electron chi connectivity index (χ2n) is 8.40. The van der Waals surface area contributed by atoms with E-state index in [2.05, 4.69) is 11.9 Å². The van der Waals surface area contributed by atoms with Gasteiger partial charge in [-0.05, 0) is 73.7 Å². The van der Waals surface area contributed by atoms with Crippen molar-refractivity contribution in [3.63, 3.8) is 0 Å². The van der Waals surface area contributed by atoms with E-state index in [9.17, 15) is 9.18 Å². The molecule has 41 heavy (non-hydrogen) atoms. The normalized spacial score (nSPS) is 13.3. The molecule has 1 saturated heterocycles. The number of hydrogen-bond acceptors (Lipinski definition) is 6.